The SMILES string of the molecule is C=C[C@@H]1C[C@H](C(=O)NCc2ccc(C(F)(F)F)cc2)N(C(=O)[C@H]2CCCN(S(=O)(=O)N3CC(C#N)C3)C2)C1. The summed E-state index contributed by atoms with van der Waals surface area (Å²) in [4.78, 5) is 28.1. The Labute approximate surface area is 220 Å². The minimum atomic E-state index is -4.45. The van der Waals surface area contributed by atoms with Gasteiger partial charge in [-0.25, -0.2) is 0 Å². The lowest BCUT2D eigenvalue weighted by Gasteiger charge is -2.41. The summed E-state index contributed by atoms with van der Waals surface area (Å²) in [5.41, 5.74) is -0.295. The van der Waals surface area contributed by atoms with Crippen LogP contribution in [0.2, 0.25) is 0 Å². The molecule has 0 saturated carbocycles. The Morgan fingerprint density at radius 1 is 1.13 bits per heavy atom. The van der Waals surface area contributed by atoms with E-state index in [9.17, 15) is 31.2 Å². The zero-order valence-electron chi connectivity index (χ0n) is 20.7. The highest BCUT2D eigenvalue weighted by Crippen LogP contribution is 2.31. The van der Waals surface area contributed by atoms with Crippen LogP contribution in [0.15, 0.2) is 36.9 Å². The number of rotatable bonds is 7. The summed E-state index contributed by atoms with van der Waals surface area (Å²) in [6.45, 7) is 4.63. The standard InChI is InChI=1S/C25H30F3N5O4S/c1-2-17-10-22(23(34)30-12-18-5-7-21(8-6-18)25(26,27)28)33(15-17)24(35)20-4-3-9-31(16-20)38(36,37)32-13-19(11-29)14-32/h2,5-8,17,19-20,22H,1,3-4,9-10,12-16H2,(H,30,34)/t17-,20+,22-/m1/s1. The number of carbonyl (C=O) groups excluding carboxylic acids is 2. The van der Waals surface area contributed by atoms with E-state index in [0.29, 0.717) is 24.8 Å². The van der Waals surface area contributed by atoms with Crippen molar-refractivity contribution >= 4 is 22.0 Å². The molecule has 3 aliphatic heterocycles. The Morgan fingerprint density at radius 2 is 1.82 bits per heavy atom. The molecule has 4 rings (SSSR count). The molecule has 0 radical (unpaired) electrons. The van der Waals surface area contributed by atoms with Crippen LogP contribution in [0, 0.1) is 29.1 Å². The fourth-order valence-electron chi connectivity index (χ4n) is 5.11. The van der Waals surface area contributed by atoms with Crippen LogP contribution in [0.25, 0.3) is 0 Å². The van der Waals surface area contributed by atoms with Gasteiger partial charge < -0.3 is 10.2 Å². The molecule has 3 aliphatic rings. The van der Waals surface area contributed by atoms with Crippen molar-refractivity contribution in [3.8, 4) is 6.07 Å². The number of hydrogen-bond acceptors (Lipinski definition) is 5. The second kappa shape index (κ2) is 11.0. The van der Waals surface area contributed by atoms with E-state index in [1.165, 1.54) is 25.6 Å². The minimum absolute atomic E-state index is 0.00321. The zero-order valence-corrected chi connectivity index (χ0v) is 21.5. The van der Waals surface area contributed by atoms with Gasteiger partial charge in [0.2, 0.25) is 11.8 Å². The predicted octanol–water partition coefficient (Wildman–Crippen LogP) is 2.14. The van der Waals surface area contributed by atoms with Crippen LogP contribution in [0.3, 0.4) is 0 Å². The molecule has 1 aromatic rings. The van der Waals surface area contributed by atoms with Crippen molar-refractivity contribution in [1.82, 2.24) is 18.8 Å². The number of nitrogens with one attached hydrogen (secondary N) is 1. The molecule has 3 atom stereocenters. The topological polar surface area (TPSA) is 114 Å². The number of likely N-dealkylation sites (tertiary alicyclic amines) is 1. The highest BCUT2D eigenvalue weighted by Gasteiger charge is 2.45. The van der Waals surface area contributed by atoms with Gasteiger partial charge in [0.05, 0.1) is 23.5 Å². The number of benzene rings is 1. The molecule has 0 aromatic heterocycles. The van der Waals surface area contributed by atoms with Crippen LogP contribution in [0.4, 0.5) is 13.2 Å². The average molecular weight is 554 g/mol. The van der Waals surface area contributed by atoms with Crippen LogP contribution in [0.1, 0.15) is 30.4 Å². The van der Waals surface area contributed by atoms with Crippen molar-refractivity contribution in [2.75, 3.05) is 32.7 Å². The van der Waals surface area contributed by atoms with Crippen LogP contribution < -0.4 is 5.32 Å². The highest BCUT2D eigenvalue weighted by molar-refractivity contribution is 7.86. The van der Waals surface area contributed by atoms with Crippen molar-refractivity contribution in [3.63, 3.8) is 0 Å². The minimum Gasteiger partial charge on any atom is -0.350 e. The van der Waals surface area contributed by atoms with E-state index in [1.807, 2.05) is 6.07 Å². The van der Waals surface area contributed by atoms with Crippen LogP contribution >= 0.6 is 0 Å². The van der Waals surface area contributed by atoms with Crippen molar-refractivity contribution in [3.05, 3.63) is 48.0 Å². The number of hydrogen-bond donors (Lipinski definition) is 1. The fraction of sp³-hybridized carbons (Fsp3) is 0.560. The summed E-state index contributed by atoms with van der Waals surface area (Å²) >= 11 is 0. The Kier molecular flexibility index (Phi) is 8.15. The molecular formula is C25H30F3N5O4S. The molecule has 1 aromatic carbocycles. The van der Waals surface area contributed by atoms with Crippen LogP contribution in [-0.2, 0) is 32.5 Å². The molecule has 0 spiro atoms. The van der Waals surface area contributed by atoms with Crippen LogP contribution in [0.5, 0.6) is 0 Å². The number of carbonyl (C=O) groups is 2. The van der Waals surface area contributed by atoms with Gasteiger partial charge in [0, 0.05) is 39.3 Å². The van der Waals surface area contributed by atoms with Crippen molar-refractivity contribution in [2.45, 2.75) is 38.0 Å². The van der Waals surface area contributed by atoms with Gasteiger partial charge >= 0.3 is 6.18 Å². The molecule has 3 saturated heterocycles. The number of amides is 2. The molecule has 0 aliphatic carbocycles. The number of nitriles is 1. The van der Waals surface area contributed by atoms with E-state index in [2.05, 4.69) is 11.9 Å². The Bertz CT molecular complexity index is 1210. The third-order valence-corrected chi connectivity index (χ3v) is 9.35. The fourth-order valence-corrected chi connectivity index (χ4v) is 6.90. The lowest BCUT2D eigenvalue weighted by atomic mass is 9.97. The molecule has 0 bridgehead atoms. The third kappa shape index (κ3) is 5.87. The lowest BCUT2D eigenvalue weighted by Crippen LogP contribution is -2.57. The average Bonchev–Trinajstić information content (AvgIpc) is 3.30. The van der Waals surface area contributed by atoms with Crippen LogP contribution in [-0.4, -0.2) is 72.5 Å². The van der Waals surface area contributed by atoms with Gasteiger partial charge in [-0.3, -0.25) is 9.59 Å². The number of alkyl halides is 3. The first kappa shape index (κ1) is 28.1. The molecule has 38 heavy (non-hydrogen) atoms. The quantitative estimate of drug-likeness (QED) is 0.520. The van der Waals surface area contributed by atoms with Gasteiger partial charge in [0.25, 0.3) is 10.2 Å². The lowest BCUT2D eigenvalue weighted by molar-refractivity contribution is -0.142. The maximum absolute atomic E-state index is 13.5. The highest BCUT2D eigenvalue weighted by atomic mass is 32.2. The summed E-state index contributed by atoms with van der Waals surface area (Å²) in [5.74, 6) is -1.78. The molecule has 1 N–H and O–H groups in total. The summed E-state index contributed by atoms with van der Waals surface area (Å²) < 4.78 is 66.8. The number of nitrogens with zero attached hydrogens (tertiary/aromatic N) is 4. The molecule has 3 heterocycles. The van der Waals surface area contributed by atoms with Crippen molar-refractivity contribution < 1.29 is 31.2 Å². The second-order valence-electron chi connectivity index (χ2n) is 10.00. The molecular weight excluding hydrogens is 523 g/mol. The largest absolute Gasteiger partial charge is 0.416 e. The van der Waals surface area contributed by atoms with Crippen molar-refractivity contribution in [1.29, 1.82) is 5.26 Å². The Hall–Kier alpha value is -2.95. The molecule has 206 valence electrons. The van der Waals surface area contributed by atoms with Gasteiger partial charge in [-0.2, -0.15) is 35.5 Å². The van der Waals surface area contributed by atoms with Gasteiger partial charge in [0.1, 0.15) is 6.04 Å². The van der Waals surface area contributed by atoms with Gasteiger partial charge in [-0.05, 0) is 42.9 Å². The van der Waals surface area contributed by atoms with E-state index in [0.717, 1.165) is 12.1 Å². The molecule has 2 amide bonds. The summed E-state index contributed by atoms with van der Waals surface area (Å²) in [7, 11) is -3.78. The van der Waals surface area contributed by atoms with Gasteiger partial charge in [-0.15, -0.1) is 6.58 Å². The van der Waals surface area contributed by atoms with Gasteiger partial charge in [0.15, 0.2) is 0 Å². The Balaban J connectivity index is 1.40. The zero-order chi connectivity index (χ0) is 27.7. The third-order valence-electron chi connectivity index (χ3n) is 7.42. The molecule has 0 unspecified atom stereocenters. The first-order chi connectivity index (χ1) is 17.9. The first-order valence-corrected chi connectivity index (χ1v) is 13.9. The summed E-state index contributed by atoms with van der Waals surface area (Å²) in [6, 6.07) is 5.74. The van der Waals surface area contributed by atoms with E-state index in [1.54, 1.807) is 6.08 Å². The molecule has 3 fully saturated rings. The van der Waals surface area contributed by atoms with Crippen molar-refractivity contribution in [2.24, 2.45) is 17.8 Å². The maximum atomic E-state index is 13.5. The van der Waals surface area contributed by atoms with Gasteiger partial charge in [-0.1, -0.05) is 18.2 Å². The Morgan fingerprint density at radius 3 is 2.42 bits per heavy atom. The summed E-state index contributed by atoms with van der Waals surface area (Å²) in [5, 5.41) is 11.7. The maximum Gasteiger partial charge on any atom is 0.416 e. The van der Waals surface area contributed by atoms with E-state index >= 15 is 0 Å². The normalized spacial score (nSPS) is 25.4. The number of piperidine rings is 1. The monoisotopic (exact) mass is 553 g/mol. The van der Waals surface area contributed by atoms with E-state index in [-0.39, 0.29) is 57.0 Å². The molecule has 9 nitrogen and oxygen atoms in total. The van der Waals surface area contributed by atoms with E-state index in [4.69, 9.17) is 5.26 Å². The number of halogens is 3. The van der Waals surface area contributed by atoms with E-state index < -0.39 is 39.8 Å². The summed E-state index contributed by atoms with van der Waals surface area (Å²) in [6.07, 6.45) is -1.44. The predicted molar refractivity (Wildman–Crippen MR) is 131 cm³/mol. The molecule has 13 heteroatoms. The first-order valence-electron chi connectivity index (χ1n) is 12.5. The smallest absolute Gasteiger partial charge is 0.350 e. The second-order valence-corrected chi connectivity index (χ2v) is 11.9.